The topological polar surface area (TPSA) is 43.8 Å². The van der Waals surface area contributed by atoms with Crippen molar-refractivity contribution in [1.82, 2.24) is 9.55 Å². The van der Waals surface area contributed by atoms with Gasteiger partial charge in [-0.05, 0) is 13.0 Å². The molecule has 1 rings (SSSR count). The Morgan fingerprint density at radius 3 is 2.69 bits per heavy atom. The van der Waals surface area contributed by atoms with Crippen LogP contribution in [0, 0.1) is 0 Å². The zero-order valence-electron chi connectivity index (χ0n) is 8.18. The van der Waals surface area contributed by atoms with E-state index < -0.39 is 0 Å². The maximum Gasteiger partial charge on any atom is 0.131 e. The van der Waals surface area contributed by atoms with Gasteiger partial charge in [0.15, 0.2) is 0 Å². The van der Waals surface area contributed by atoms with Crippen LogP contribution in [0.25, 0.3) is 0 Å². The van der Waals surface area contributed by atoms with Gasteiger partial charge in [0, 0.05) is 19.9 Å². The summed E-state index contributed by atoms with van der Waals surface area (Å²) < 4.78 is 1.94. The number of halogens is 1. The Hall–Kier alpha value is -0.540. The molecule has 0 saturated heterocycles. The number of nitrogens with zero attached hydrogens (tertiary/aromatic N) is 2. The first-order valence-corrected chi connectivity index (χ1v) is 4.98. The molecule has 0 aromatic carbocycles. The lowest BCUT2D eigenvalue weighted by molar-refractivity contribution is 0.758. The molecular formula is C9H16ClN3. The largest absolute Gasteiger partial charge is 0.330 e. The van der Waals surface area contributed by atoms with Crippen molar-refractivity contribution in [2.75, 3.05) is 6.54 Å². The molecule has 0 atom stereocenters. The van der Waals surface area contributed by atoms with Crippen LogP contribution in [0.4, 0.5) is 0 Å². The molecule has 1 aromatic heterocycles. The van der Waals surface area contributed by atoms with Crippen molar-refractivity contribution in [1.29, 1.82) is 0 Å². The summed E-state index contributed by atoms with van der Waals surface area (Å²) in [5, 5.41) is 0.730. The van der Waals surface area contributed by atoms with Gasteiger partial charge in [0.1, 0.15) is 11.0 Å². The van der Waals surface area contributed by atoms with E-state index in [0.717, 1.165) is 35.9 Å². The summed E-state index contributed by atoms with van der Waals surface area (Å²) >= 11 is 6.07. The fraction of sp³-hybridized carbons (Fsp3) is 0.667. The maximum absolute atomic E-state index is 6.07. The first kappa shape index (κ1) is 10.5. The van der Waals surface area contributed by atoms with Gasteiger partial charge < -0.3 is 10.3 Å². The van der Waals surface area contributed by atoms with Crippen molar-refractivity contribution in [2.24, 2.45) is 12.8 Å². The number of hydrogen-bond donors (Lipinski definition) is 1. The highest BCUT2D eigenvalue weighted by Gasteiger charge is 2.10. The van der Waals surface area contributed by atoms with Crippen LogP contribution >= 0.6 is 11.6 Å². The minimum absolute atomic E-state index is 0.600. The van der Waals surface area contributed by atoms with E-state index in [1.165, 1.54) is 0 Å². The maximum atomic E-state index is 6.07. The average Bonchev–Trinajstić information content (AvgIpc) is 2.36. The van der Waals surface area contributed by atoms with E-state index in [2.05, 4.69) is 11.9 Å². The van der Waals surface area contributed by atoms with Crippen LogP contribution < -0.4 is 5.73 Å². The third-order valence-corrected chi connectivity index (χ3v) is 2.51. The number of aryl methyl sites for hydroxylation is 1. The lowest BCUT2D eigenvalue weighted by Gasteiger charge is -1.98. The van der Waals surface area contributed by atoms with Crippen molar-refractivity contribution >= 4 is 11.6 Å². The number of imidazole rings is 1. The van der Waals surface area contributed by atoms with Gasteiger partial charge in [0.05, 0.1) is 5.69 Å². The molecule has 0 amide bonds. The van der Waals surface area contributed by atoms with Gasteiger partial charge in [0.2, 0.25) is 0 Å². The number of nitrogens with two attached hydrogens (primary N) is 1. The zero-order chi connectivity index (χ0) is 9.84. The standard InChI is InChI=1S/C9H16ClN3/c1-3-4-8-12-7(5-6-11)9(10)13(8)2/h3-6,11H2,1-2H3. The smallest absolute Gasteiger partial charge is 0.131 e. The van der Waals surface area contributed by atoms with Gasteiger partial charge >= 0.3 is 0 Å². The molecule has 0 fully saturated rings. The minimum atomic E-state index is 0.600. The Morgan fingerprint density at radius 2 is 2.15 bits per heavy atom. The molecule has 4 heteroatoms. The number of rotatable bonds is 4. The van der Waals surface area contributed by atoms with E-state index in [9.17, 15) is 0 Å². The summed E-state index contributed by atoms with van der Waals surface area (Å²) in [5.74, 6) is 1.05. The van der Waals surface area contributed by atoms with Gasteiger partial charge in [-0.2, -0.15) is 0 Å². The van der Waals surface area contributed by atoms with E-state index in [4.69, 9.17) is 17.3 Å². The molecule has 13 heavy (non-hydrogen) atoms. The lowest BCUT2D eigenvalue weighted by Crippen LogP contribution is -2.03. The molecule has 1 heterocycles. The summed E-state index contributed by atoms with van der Waals surface area (Å²) in [6, 6.07) is 0. The summed E-state index contributed by atoms with van der Waals surface area (Å²) in [6.45, 7) is 2.73. The highest BCUT2D eigenvalue weighted by Crippen LogP contribution is 2.17. The number of aromatic nitrogens is 2. The Bertz CT molecular complexity index is 254. The summed E-state index contributed by atoms with van der Waals surface area (Å²) in [6.07, 6.45) is 2.82. The lowest BCUT2D eigenvalue weighted by atomic mass is 10.3. The Morgan fingerprint density at radius 1 is 1.46 bits per heavy atom. The fourth-order valence-corrected chi connectivity index (χ4v) is 1.56. The van der Waals surface area contributed by atoms with Crippen molar-refractivity contribution in [3.8, 4) is 0 Å². The average molecular weight is 202 g/mol. The second-order valence-corrected chi connectivity index (χ2v) is 3.47. The second kappa shape index (κ2) is 4.63. The first-order chi connectivity index (χ1) is 6.20. The molecule has 2 N–H and O–H groups in total. The van der Waals surface area contributed by atoms with E-state index in [0.29, 0.717) is 6.54 Å². The molecule has 0 aliphatic carbocycles. The summed E-state index contributed by atoms with van der Waals surface area (Å²) in [5.41, 5.74) is 6.38. The van der Waals surface area contributed by atoms with Gasteiger partial charge in [-0.3, -0.25) is 0 Å². The fourth-order valence-electron chi connectivity index (χ4n) is 1.33. The van der Waals surface area contributed by atoms with Gasteiger partial charge in [-0.15, -0.1) is 0 Å². The molecule has 3 nitrogen and oxygen atoms in total. The van der Waals surface area contributed by atoms with E-state index in [1.54, 1.807) is 0 Å². The van der Waals surface area contributed by atoms with Crippen LogP contribution in [0.1, 0.15) is 24.9 Å². The Labute approximate surface area is 83.9 Å². The molecule has 0 bridgehead atoms. The van der Waals surface area contributed by atoms with E-state index in [-0.39, 0.29) is 0 Å². The van der Waals surface area contributed by atoms with Gasteiger partial charge in [-0.1, -0.05) is 18.5 Å². The van der Waals surface area contributed by atoms with Crippen LogP contribution in [0.15, 0.2) is 0 Å². The first-order valence-electron chi connectivity index (χ1n) is 4.60. The molecule has 0 radical (unpaired) electrons. The third kappa shape index (κ3) is 2.23. The summed E-state index contributed by atoms with van der Waals surface area (Å²) in [7, 11) is 1.94. The monoisotopic (exact) mass is 201 g/mol. The van der Waals surface area contributed by atoms with Crippen molar-refractivity contribution in [2.45, 2.75) is 26.2 Å². The van der Waals surface area contributed by atoms with Crippen LogP contribution in [0.5, 0.6) is 0 Å². The van der Waals surface area contributed by atoms with Gasteiger partial charge in [0.25, 0.3) is 0 Å². The summed E-state index contributed by atoms with van der Waals surface area (Å²) in [4.78, 5) is 4.44. The molecule has 0 unspecified atom stereocenters. The highest BCUT2D eigenvalue weighted by molar-refractivity contribution is 6.30. The Kier molecular flexibility index (Phi) is 3.75. The predicted molar refractivity (Wildman–Crippen MR) is 55.0 cm³/mol. The quantitative estimate of drug-likeness (QED) is 0.803. The normalized spacial score (nSPS) is 10.8. The van der Waals surface area contributed by atoms with Crippen LogP contribution in [0.3, 0.4) is 0 Å². The number of hydrogen-bond acceptors (Lipinski definition) is 2. The third-order valence-electron chi connectivity index (χ3n) is 2.04. The highest BCUT2D eigenvalue weighted by atomic mass is 35.5. The van der Waals surface area contributed by atoms with Crippen molar-refractivity contribution in [3.63, 3.8) is 0 Å². The van der Waals surface area contributed by atoms with E-state index in [1.807, 2.05) is 11.6 Å². The van der Waals surface area contributed by atoms with E-state index >= 15 is 0 Å². The van der Waals surface area contributed by atoms with Crippen LogP contribution in [-0.2, 0) is 19.9 Å². The van der Waals surface area contributed by atoms with Crippen molar-refractivity contribution in [3.05, 3.63) is 16.7 Å². The van der Waals surface area contributed by atoms with Crippen LogP contribution in [-0.4, -0.2) is 16.1 Å². The predicted octanol–water partition coefficient (Wildman–Crippen LogP) is 1.53. The molecule has 0 aliphatic rings. The van der Waals surface area contributed by atoms with Gasteiger partial charge in [-0.25, -0.2) is 4.98 Å². The van der Waals surface area contributed by atoms with Crippen LogP contribution in [0.2, 0.25) is 5.15 Å². The molecular weight excluding hydrogens is 186 g/mol. The SMILES string of the molecule is CCCc1nc(CCN)c(Cl)n1C. The minimum Gasteiger partial charge on any atom is -0.330 e. The van der Waals surface area contributed by atoms with Crippen molar-refractivity contribution < 1.29 is 0 Å². The molecule has 0 aliphatic heterocycles. The Balaban J connectivity index is 2.90. The second-order valence-electron chi connectivity index (χ2n) is 3.11. The molecule has 0 spiro atoms. The molecule has 0 saturated carbocycles. The zero-order valence-corrected chi connectivity index (χ0v) is 8.93. The molecule has 74 valence electrons. The molecule has 1 aromatic rings.